The molecule has 0 heterocycles. The number of hydrogen-bond donors (Lipinski definition) is 1. The first-order valence-corrected chi connectivity index (χ1v) is 9.07. The summed E-state index contributed by atoms with van der Waals surface area (Å²) in [6.07, 6.45) is 11.6. The van der Waals surface area contributed by atoms with E-state index in [-0.39, 0.29) is 12.0 Å². The molecule has 4 heteroatoms. The maximum Gasteiger partial charge on any atom is 0.244 e. The fourth-order valence-corrected chi connectivity index (χ4v) is 2.85. The average molecular weight is 343 g/mol. The number of rotatable bonds is 8. The minimum Gasteiger partial charge on any atom is -0.493 e. The third-order valence-electron chi connectivity index (χ3n) is 4.11. The zero-order valence-electron chi connectivity index (χ0n) is 15.5. The van der Waals surface area contributed by atoms with Crippen LogP contribution in [0.25, 0.3) is 6.08 Å². The standard InChI is InChI=1S/C21H29NO3/c1-16(2)25-19-11-9-18(15-20(19)24-3)10-12-21(23)22-14-13-17-7-5-4-6-8-17/h7,9-12,15-16H,4-6,8,13-14H2,1-3H3,(H,22,23)/b12-10+. The largest absolute Gasteiger partial charge is 0.493 e. The Hall–Kier alpha value is -2.23. The van der Waals surface area contributed by atoms with E-state index in [1.54, 1.807) is 19.3 Å². The summed E-state index contributed by atoms with van der Waals surface area (Å²) in [7, 11) is 1.61. The van der Waals surface area contributed by atoms with Crippen LogP contribution in [0.15, 0.2) is 35.9 Å². The van der Waals surface area contributed by atoms with Gasteiger partial charge in [-0.2, -0.15) is 0 Å². The summed E-state index contributed by atoms with van der Waals surface area (Å²) in [5.41, 5.74) is 2.37. The van der Waals surface area contributed by atoms with Crippen molar-refractivity contribution in [3.8, 4) is 11.5 Å². The van der Waals surface area contributed by atoms with Crippen LogP contribution in [0, 0.1) is 0 Å². The molecule has 1 amide bonds. The number of methoxy groups -OCH3 is 1. The summed E-state index contributed by atoms with van der Waals surface area (Å²) >= 11 is 0. The highest BCUT2D eigenvalue weighted by Crippen LogP contribution is 2.29. The molecule has 4 nitrogen and oxygen atoms in total. The lowest BCUT2D eigenvalue weighted by Crippen LogP contribution is -2.22. The molecule has 1 aromatic rings. The Morgan fingerprint density at radius 3 is 2.80 bits per heavy atom. The van der Waals surface area contributed by atoms with E-state index in [1.807, 2.05) is 32.0 Å². The maximum atomic E-state index is 12.0. The maximum absolute atomic E-state index is 12.0. The summed E-state index contributed by atoms with van der Waals surface area (Å²) in [6, 6.07) is 5.65. The second-order valence-electron chi connectivity index (χ2n) is 6.56. The van der Waals surface area contributed by atoms with Crippen molar-refractivity contribution in [1.82, 2.24) is 5.32 Å². The lowest BCUT2D eigenvalue weighted by atomic mass is 9.97. The van der Waals surface area contributed by atoms with E-state index < -0.39 is 0 Å². The molecule has 0 atom stereocenters. The third-order valence-corrected chi connectivity index (χ3v) is 4.11. The first kappa shape index (κ1) is 19.1. The molecule has 1 aliphatic carbocycles. The molecule has 0 fully saturated rings. The summed E-state index contributed by atoms with van der Waals surface area (Å²) < 4.78 is 11.1. The zero-order valence-corrected chi connectivity index (χ0v) is 15.5. The van der Waals surface area contributed by atoms with E-state index in [0.717, 1.165) is 12.0 Å². The molecular weight excluding hydrogens is 314 g/mol. The Bertz CT molecular complexity index is 632. The second-order valence-corrected chi connectivity index (χ2v) is 6.56. The molecule has 1 aliphatic rings. The molecule has 0 aromatic heterocycles. The van der Waals surface area contributed by atoms with Gasteiger partial charge in [-0.1, -0.05) is 17.7 Å². The quantitative estimate of drug-likeness (QED) is 0.558. The van der Waals surface area contributed by atoms with Gasteiger partial charge in [-0.05, 0) is 69.7 Å². The molecule has 0 unspecified atom stereocenters. The molecule has 1 N–H and O–H groups in total. The molecule has 136 valence electrons. The molecule has 25 heavy (non-hydrogen) atoms. The Morgan fingerprint density at radius 1 is 1.28 bits per heavy atom. The highest BCUT2D eigenvalue weighted by molar-refractivity contribution is 5.91. The number of benzene rings is 1. The van der Waals surface area contributed by atoms with Crippen molar-refractivity contribution in [2.45, 2.75) is 52.1 Å². The van der Waals surface area contributed by atoms with E-state index >= 15 is 0 Å². The van der Waals surface area contributed by atoms with Crippen LogP contribution in [0.5, 0.6) is 11.5 Å². The van der Waals surface area contributed by atoms with Crippen molar-refractivity contribution < 1.29 is 14.3 Å². The van der Waals surface area contributed by atoms with E-state index in [0.29, 0.717) is 18.0 Å². The van der Waals surface area contributed by atoms with Gasteiger partial charge in [0.15, 0.2) is 11.5 Å². The Balaban J connectivity index is 1.85. The van der Waals surface area contributed by atoms with E-state index in [1.165, 1.54) is 31.3 Å². The first-order valence-electron chi connectivity index (χ1n) is 9.07. The predicted molar refractivity (Wildman–Crippen MR) is 102 cm³/mol. The van der Waals surface area contributed by atoms with Crippen molar-refractivity contribution in [1.29, 1.82) is 0 Å². The van der Waals surface area contributed by atoms with Crippen LogP contribution in [0.1, 0.15) is 51.5 Å². The average Bonchev–Trinajstić information content (AvgIpc) is 2.61. The molecule has 0 aliphatic heterocycles. The van der Waals surface area contributed by atoms with E-state index in [4.69, 9.17) is 9.47 Å². The molecule has 0 bridgehead atoms. The van der Waals surface area contributed by atoms with Gasteiger partial charge in [-0.25, -0.2) is 0 Å². The first-order chi connectivity index (χ1) is 12.1. The molecule has 0 spiro atoms. The summed E-state index contributed by atoms with van der Waals surface area (Å²) in [5, 5.41) is 2.94. The van der Waals surface area contributed by atoms with Gasteiger partial charge in [0.2, 0.25) is 5.91 Å². The van der Waals surface area contributed by atoms with Crippen LogP contribution in [-0.2, 0) is 4.79 Å². The number of nitrogens with one attached hydrogen (secondary N) is 1. The number of carbonyl (C=O) groups is 1. The number of carbonyl (C=O) groups excluding carboxylic acids is 1. The van der Waals surface area contributed by atoms with Gasteiger partial charge in [0.05, 0.1) is 13.2 Å². The fourth-order valence-electron chi connectivity index (χ4n) is 2.85. The Kier molecular flexibility index (Phi) is 7.58. The van der Waals surface area contributed by atoms with Crippen LogP contribution >= 0.6 is 0 Å². The molecule has 2 rings (SSSR count). The molecule has 0 saturated carbocycles. The lowest BCUT2D eigenvalue weighted by molar-refractivity contribution is -0.116. The summed E-state index contributed by atoms with van der Waals surface area (Å²) in [5.74, 6) is 1.30. The highest BCUT2D eigenvalue weighted by Gasteiger charge is 2.07. The predicted octanol–water partition coefficient (Wildman–Crippen LogP) is 4.50. The van der Waals surface area contributed by atoms with Gasteiger partial charge in [-0.15, -0.1) is 0 Å². The van der Waals surface area contributed by atoms with Crippen LogP contribution in [-0.4, -0.2) is 25.7 Å². The summed E-state index contributed by atoms with van der Waals surface area (Å²) in [6.45, 7) is 4.64. The van der Waals surface area contributed by atoms with Gasteiger partial charge in [0.1, 0.15) is 0 Å². The van der Waals surface area contributed by atoms with E-state index in [2.05, 4.69) is 11.4 Å². The zero-order chi connectivity index (χ0) is 18.1. The lowest BCUT2D eigenvalue weighted by Gasteiger charge is -2.13. The minimum absolute atomic E-state index is 0.0714. The van der Waals surface area contributed by atoms with Crippen LogP contribution < -0.4 is 14.8 Å². The highest BCUT2D eigenvalue weighted by atomic mass is 16.5. The molecule has 0 radical (unpaired) electrons. The van der Waals surface area contributed by atoms with E-state index in [9.17, 15) is 4.79 Å². The fraction of sp³-hybridized carbons (Fsp3) is 0.476. The van der Waals surface area contributed by atoms with Crippen molar-refractivity contribution in [3.63, 3.8) is 0 Å². The van der Waals surface area contributed by atoms with Crippen molar-refractivity contribution in [2.75, 3.05) is 13.7 Å². The summed E-state index contributed by atoms with van der Waals surface area (Å²) in [4.78, 5) is 12.0. The SMILES string of the molecule is COc1cc(/C=C/C(=O)NCCC2=CCCCC2)ccc1OC(C)C. The van der Waals surface area contributed by atoms with Gasteiger partial charge < -0.3 is 14.8 Å². The van der Waals surface area contributed by atoms with Gasteiger partial charge in [-0.3, -0.25) is 4.79 Å². The normalized spacial score (nSPS) is 14.5. The topological polar surface area (TPSA) is 47.6 Å². The third kappa shape index (κ3) is 6.65. The van der Waals surface area contributed by atoms with Gasteiger partial charge in [0, 0.05) is 12.6 Å². The van der Waals surface area contributed by atoms with Crippen LogP contribution in [0.2, 0.25) is 0 Å². The van der Waals surface area contributed by atoms with Crippen LogP contribution in [0.4, 0.5) is 0 Å². The number of ether oxygens (including phenoxy) is 2. The smallest absolute Gasteiger partial charge is 0.244 e. The Labute approximate surface area is 150 Å². The van der Waals surface area contributed by atoms with Crippen LogP contribution in [0.3, 0.4) is 0 Å². The second kappa shape index (κ2) is 9.92. The van der Waals surface area contributed by atoms with Crippen molar-refractivity contribution >= 4 is 12.0 Å². The molecular formula is C21H29NO3. The number of allylic oxidation sites excluding steroid dienone is 1. The Morgan fingerprint density at radius 2 is 2.12 bits per heavy atom. The minimum atomic E-state index is -0.0714. The van der Waals surface area contributed by atoms with Crippen molar-refractivity contribution in [3.05, 3.63) is 41.5 Å². The number of amides is 1. The van der Waals surface area contributed by atoms with Gasteiger partial charge >= 0.3 is 0 Å². The van der Waals surface area contributed by atoms with Crippen molar-refractivity contribution in [2.24, 2.45) is 0 Å². The monoisotopic (exact) mass is 343 g/mol. The molecule has 1 aromatic carbocycles. The molecule has 0 saturated heterocycles. The number of hydrogen-bond acceptors (Lipinski definition) is 3. The van der Waals surface area contributed by atoms with Gasteiger partial charge in [0.25, 0.3) is 0 Å².